The standard InChI is InChI=1S/C14H19N5S/c1-4-20-12-7-5-11(6-8-12)9(2)16-14-18-10(3)17-13(15)19-14/h5-9H,4H2,1-3H3,(H3,15,16,17,18,19). The fraction of sp³-hybridized carbons (Fsp3) is 0.357. The van der Waals surface area contributed by atoms with Gasteiger partial charge in [0.2, 0.25) is 11.9 Å². The quantitative estimate of drug-likeness (QED) is 0.824. The molecule has 1 aromatic heterocycles. The molecule has 1 atom stereocenters. The monoisotopic (exact) mass is 289 g/mol. The molecule has 2 aromatic rings. The molecule has 0 aliphatic carbocycles. The summed E-state index contributed by atoms with van der Waals surface area (Å²) in [5.74, 6) is 2.44. The lowest BCUT2D eigenvalue weighted by atomic mass is 10.1. The molecule has 0 fully saturated rings. The summed E-state index contributed by atoms with van der Waals surface area (Å²) in [7, 11) is 0. The molecular weight excluding hydrogens is 270 g/mol. The largest absolute Gasteiger partial charge is 0.368 e. The van der Waals surface area contributed by atoms with Crippen molar-refractivity contribution in [1.82, 2.24) is 15.0 Å². The van der Waals surface area contributed by atoms with Gasteiger partial charge in [-0.25, -0.2) is 0 Å². The van der Waals surface area contributed by atoms with Crippen LogP contribution in [0.4, 0.5) is 11.9 Å². The lowest BCUT2D eigenvalue weighted by Gasteiger charge is -2.15. The molecule has 0 aliphatic rings. The molecule has 0 aliphatic heterocycles. The van der Waals surface area contributed by atoms with Crippen molar-refractivity contribution in [2.24, 2.45) is 0 Å². The smallest absolute Gasteiger partial charge is 0.228 e. The van der Waals surface area contributed by atoms with Crippen LogP contribution in [0.25, 0.3) is 0 Å². The average Bonchev–Trinajstić information content (AvgIpc) is 2.38. The van der Waals surface area contributed by atoms with Crippen LogP contribution in [0.1, 0.15) is 31.3 Å². The predicted molar refractivity (Wildman–Crippen MR) is 83.9 cm³/mol. The van der Waals surface area contributed by atoms with E-state index in [0.29, 0.717) is 11.8 Å². The highest BCUT2D eigenvalue weighted by Gasteiger charge is 2.08. The molecule has 106 valence electrons. The van der Waals surface area contributed by atoms with Gasteiger partial charge in [0.25, 0.3) is 0 Å². The highest BCUT2D eigenvalue weighted by molar-refractivity contribution is 7.99. The number of hydrogen-bond donors (Lipinski definition) is 2. The van der Waals surface area contributed by atoms with Crippen LogP contribution >= 0.6 is 11.8 Å². The van der Waals surface area contributed by atoms with Crippen LogP contribution in [-0.2, 0) is 0 Å². The van der Waals surface area contributed by atoms with Crippen molar-refractivity contribution in [2.75, 3.05) is 16.8 Å². The van der Waals surface area contributed by atoms with E-state index in [-0.39, 0.29) is 12.0 Å². The van der Waals surface area contributed by atoms with E-state index in [0.717, 1.165) is 5.75 Å². The number of thioether (sulfide) groups is 1. The summed E-state index contributed by atoms with van der Waals surface area (Å²) in [5.41, 5.74) is 6.80. The first-order chi connectivity index (χ1) is 9.58. The first-order valence-electron chi connectivity index (χ1n) is 6.56. The molecule has 1 unspecified atom stereocenters. The Morgan fingerprint density at radius 1 is 1.20 bits per heavy atom. The second-order valence-corrected chi connectivity index (χ2v) is 5.77. The summed E-state index contributed by atoms with van der Waals surface area (Å²) in [6, 6.07) is 8.61. The Morgan fingerprint density at radius 3 is 2.50 bits per heavy atom. The number of aromatic nitrogens is 3. The fourth-order valence-electron chi connectivity index (χ4n) is 1.86. The third-order valence-corrected chi connectivity index (χ3v) is 3.70. The van der Waals surface area contributed by atoms with E-state index in [1.165, 1.54) is 10.5 Å². The van der Waals surface area contributed by atoms with Crippen LogP contribution in [0.3, 0.4) is 0 Å². The van der Waals surface area contributed by atoms with Gasteiger partial charge in [0.15, 0.2) is 0 Å². The van der Waals surface area contributed by atoms with E-state index in [1.807, 2.05) is 11.8 Å². The minimum absolute atomic E-state index is 0.108. The summed E-state index contributed by atoms with van der Waals surface area (Å²) < 4.78 is 0. The highest BCUT2D eigenvalue weighted by atomic mass is 32.2. The Kier molecular flexibility index (Phi) is 4.79. The second-order valence-electron chi connectivity index (χ2n) is 4.43. The van der Waals surface area contributed by atoms with Crippen molar-refractivity contribution in [3.8, 4) is 0 Å². The predicted octanol–water partition coefficient (Wildman–Crippen LogP) is 3.05. The van der Waals surface area contributed by atoms with Gasteiger partial charge in [0.1, 0.15) is 5.82 Å². The summed E-state index contributed by atoms with van der Waals surface area (Å²) in [6.07, 6.45) is 0. The highest BCUT2D eigenvalue weighted by Crippen LogP contribution is 2.22. The van der Waals surface area contributed by atoms with E-state index < -0.39 is 0 Å². The van der Waals surface area contributed by atoms with Crippen LogP contribution < -0.4 is 11.1 Å². The molecule has 0 radical (unpaired) electrons. The first kappa shape index (κ1) is 14.6. The number of benzene rings is 1. The molecule has 20 heavy (non-hydrogen) atoms. The number of nitrogens with one attached hydrogen (secondary N) is 1. The van der Waals surface area contributed by atoms with E-state index in [1.54, 1.807) is 6.92 Å². The molecule has 2 rings (SSSR count). The van der Waals surface area contributed by atoms with E-state index in [9.17, 15) is 0 Å². The Balaban J connectivity index is 2.08. The zero-order valence-electron chi connectivity index (χ0n) is 11.9. The first-order valence-corrected chi connectivity index (χ1v) is 7.54. The van der Waals surface area contributed by atoms with Gasteiger partial charge in [-0.1, -0.05) is 19.1 Å². The number of rotatable bonds is 5. The lowest BCUT2D eigenvalue weighted by molar-refractivity contribution is 0.846. The van der Waals surface area contributed by atoms with Crippen molar-refractivity contribution in [3.63, 3.8) is 0 Å². The normalized spacial score (nSPS) is 12.2. The Morgan fingerprint density at radius 2 is 1.90 bits per heavy atom. The van der Waals surface area contributed by atoms with Crippen molar-refractivity contribution < 1.29 is 0 Å². The molecule has 0 saturated heterocycles. The third-order valence-electron chi connectivity index (χ3n) is 2.80. The van der Waals surface area contributed by atoms with Crippen LogP contribution in [0, 0.1) is 6.92 Å². The zero-order valence-corrected chi connectivity index (χ0v) is 12.7. The molecule has 0 amide bonds. The zero-order chi connectivity index (χ0) is 14.5. The van der Waals surface area contributed by atoms with Gasteiger partial charge in [-0.3, -0.25) is 0 Å². The maximum atomic E-state index is 5.62. The molecule has 1 heterocycles. The van der Waals surface area contributed by atoms with Crippen LogP contribution in [0.2, 0.25) is 0 Å². The van der Waals surface area contributed by atoms with Crippen molar-refractivity contribution in [2.45, 2.75) is 31.7 Å². The number of nitrogens with two attached hydrogens (primary N) is 1. The van der Waals surface area contributed by atoms with Crippen molar-refractivity contribution in [3.05, 3.63) is 35.7 Å². The summed E-state index contributed by atoms with van der Waals surface area (Å²) in [6.45, 7) is 6.01. The summed E-state index contributed by atoms with van der Waals surface area (Å²) in [5, 5.41) is 3.24. The molecule has 3 N–H and O–H groups in total. The summed E-state index contributed by atoms with van der Waals surface area (Å²) in [4.78, 5) is 13.6. The Labute approximate surface area is 123 Å². The topological polar surface area (TPSA) is 76.7 Å². The minimum atomic E-state index is 0.108. The van der Waals surface area contributed by atoms with Gasteiger partial charge in [-0.05, 0) is 37.3 Å². The minimum Gasteiger partial charge on any atom is -0.368 e. The van der Waals surface area contributed by atoms with Crippen LogP contribution in [0.5, 0.6) is 0 Å². The molecule has 1 aromatic carbocycles. The number of nitrogens with zero attached hydrogens (tertiary/aromatic N) is 3. The SMILES string of the molecule is CCSc1ccc(C(C)Nc2nc(C)nc(N)n2)cc1. The van der Waals surface area contributed by atoms with Gasteiger partial charge in [-0.2, -0.15) is 15.0 Å². The van der Waals surface area contributed by atoms with Gasteiger partial charge >= 0.3 is 0 Å². The Bertz CT molecular complexity index is 550. The van der Waals surface area contributed by atoms with Crippen molar-refractivity contribution >= 4 is 23.7 Å². The number of anilines is 2. The lowest BCUT2D eigenvalue weighted by Crippen LogP contribution is -2.12. The molecular formula is C14H19N5S. The third kappa shape index (κ3) is 3.84. The van der Waals surface area contributed by atoms with Gasteiger partial charge in [-0.15, -0.1) is 11.8 Å². The van der Waals surface area contributed by atoms with Gasteiger partial charge in [0.05, 0.1) is 6.04 Å². The number of nitrogen functional groups attached to an aromatic ring is 1. The second kappa shape index (κ2) is 6.56. The molecule has 6 heteroatoms. The van der Waals surface area contributed by atoms with E-state index in [2.05, 4.69) is 58.4 Å². The van der Waals surface area contributed by atoms with E-state index in [4.69, 9.17) is 5.73 Å². The fourth-order valence-corrected chi connectivity index (χ4v) is 2.53. The molecule has 5 nitrogen and oxygen atoms in total. The van der Waals surface area contributed by atoms with Gasteiger partial charge in [0, 0.05) is 4.90 Å². The maximum absolute atomic E-state index is 5.62. The average molecular weight is 289 g/mol. The number of hydrogen-bond acceptors (Lipinski definition) is 6. The van der Waals surface area contributed by atoms with Crippen LogP contribution in [-0.4, -0.2) is 20.7 Å². The number of aryl methyl sites for hydroxylation is 1. The van der Waals surface area contributed by atoms with Gasteiger partial charge < -0.3 is 11.1 Å². The molecule has 0 spiro atoms. The molecule has 0 bridgehead atoms. The Hall–Kier alpha value is -1.82. The van der Waals surface area contributed by atoms with Crippen LogP contribution in [0.15, 0.2) is 29.2 Å². The maximum Gasteiger partial charge on any atom is 0.228 e. The summed E-state index contributed by atoms with van der Waals surface area (Å²) >= 11 is 1.83. The van der Waals surface area contributed by atoms with E-state index >= 15 is 0 Å². The van der Waals surface area contributed by atoms with Crippen molar-refractivity contribution in [1.29, 1.82) is 0 Å². The molecule has 0 saturated carbocycles.